The van der Waals surface area contributed by atoms with E-state index in [1.165, 1.54) is 24.4 Å². The SMILES string of the molecule is COc1ccc(CNC(=O)c2ccc3[nH]c(=O)n(C(C)c4ccc(N(C(=O)O)C(C)(C)C)nc4)c(=O)c3c2)cc1. The molecule has 0 bridgehead atoms. The quantitative estimate of drug-likeness (QED) is 0.319. The number of anilines is 1. The smallest absolute Gasteiger partial charge is 0.413 e. The van der Waals surface area contributed by atoms with Gasteiger partial charge in [0.2, 0.25) is 0 Å². The van der Waals surface area contributed by atoms with E-state index in [4.69, 9.17) is 4.74 Å². The molecule has 0 radical (unpaired) electrons. The van der Waals surface area contributed by atoms with Crippen LogP contribution in [0, 0.1) is 0 Å². The van der Waals surface area contributed by atoms with E-state index in [-0.39, 0.29) is 29.2 Å². The third-order valence-electron chi connectivity index (χ3n) is 6.54. The Morgan fingerprint density at radius 1 is 1.10 bits per heavy atom. The van der Waals surface area contributed by atoms with Crippen molar-refractivity contribution < 1.29 is 19.4 Å². The number of pyridine rings is 1. The number of carbonyl (C=O) groups excluding carboxylic acids is 1. The van der Waals surface area contributed by atoms with Crippen LogP contribution in [-0.2, 0) is 6.54 Å². The van der Waals surface area contributed by atoms with Crippen molar-refractivity contribution >= 4 is 28.7 Å². The predicted molar refractivity (Wildman–Crippen MR) is 151 cm³/mol. The van der Waals surface area contributed by atoms with Gasteiger partial charge in [0.15, 0.2) is 0 Å². The van der Waals surface area contributed by atoms with Crippen LogP contribution in [-0.4, -0.2) is 44.3 Å². The lowest BCUT2D eigenvalue weighted by Crippen LogP contribution is -2.45. The van der Waals surface area contributed by atoms with Gasteiger partial charge in [-0.2, -0.15) is 0 Å². The molecule has 40 heavy (non-hydrogen) atoms. The summed E-state index contributed by atoms with van der Waals surface area (Å²) in [5.41, 5.74) is 0.0751. The van der Waals surface area contributed by atoms with Crippen molar-refractivity contribution in [3.8, 4) is 5.75 Å². The first-order valence-corrected chi connectivity index (χ1v) is 12.6. The molecule has 0 spiro atoms. The van der Waals surface area contributed by atoms with E-state index in [9.17, 15) is 24.3 Å². The number of amides is 2. The van der Waals surface area contributed by atoms with Crippen molar-refractivity contribution in [3.63, 3.8) is 0 Å². The molecule has 11 nitrogen and oxygen atoms in total. The molecule has 0 saturated heterocycles. The molecule has 2 aromatic carbocycles. The number of nitrogens with one attached hydrogen (secondary N) is 2. The highest BCUT2D eigenvalue weighted by molar-refractivity contribution is 5.97. The Balaban J connectivity index is 1.61. The Hall–Kier alpha value is -4.93. The number of carbonyl (C=O) groups is 2. The largest absolute Gasteiger partial charge is 0.497 e. The minimum Gasteiger partial charge on any atom is -0.497 e. The summed E-state index contributed by atoms with van der Waals surface area (Å²) in [6.45, 7) is 7.21. The summed E-state index contributed by atoms with van der Waals surface area (Å²) in [6.07, 6.45) is 0.299. The van der Waals surface area contributed by atoms with Gasteiger partial charge in [-0.25, -0.2) is 14.6 Å². The van der Waals surface area contributed by atoms with Crippen LogP contribution in [0.15, 0.2) is 70.4 Å². The van der Waals surface area contributed by atoms with Crippen molar-refractivity contribution in [3.05, 3.63) is 98.3 Å². The third-order valence-corrected chi connectivity index (χ3v) is 6.54. The molecule has 2 amide bonds. The number of aromatic amines is 1. The standard InChI is InChI=1S/C29H31N5O6/c1-17(20-9-13-24(30-16-20)34(28(38)39)29(2,3)4)33-26(36)22-14-19(8-12-23(22)32-27(33)37)25(35)31-15-18-6-10-21(40-5)11-7-18/h6-14,16-17H,15H2,1-5H3,(H,31,35)(H,32,37)(H,38,39). The van der Waals surface area contributed by atoms with Crippen LogP contribution in [0.2, 0.25) is 0 Å². The number of rotatable bonds is 7. The molecule has 0 saturated carbocycles. The van der Waals surface area contributed by atoms with Crippen molar-refractivity contribution in [1.29, 1.82) is 0 Å². The first kappa shape index (κ1) is 28.1. The van der Waals surface area contributed by atoms with E-state index < -0.39 is 28.9 Å². The molecule has 2 aromatic heterocycles. The molecule has 4 rings (SSSR count). The van der Waals surface area contributed by atoms with E-state index in [1.54, 1.807) is 59.1 Å². The van der Waals surface area contributed by atoms with Gasteiger partial charge in [0.1, 0.15) is 11.6 Å². The van der Waals surface area contributed by atoms with Crippen LogP contribution in [0.3, 0.4) is 0 Å². The second-order valence-corrected chi connectivity index (χ2v) is 10.3. The topological polar surface area (TPSA) is 147 Å². The van der Waals surface area contributed by atoms with Crippen LogP contribution < -0.4 is 26.2 Å². The summed E-state index contributed by atoms with van der Waals surface area (Å²) in [4.78, 5) is 59.1. The maximum Gasteiger partial charge on any atom is 0.413 e. The second-order valence-electron chi connectivity index (χ2n) is 10.3. The van der Waals surface area contributed by atoms with Crippen LogP contribution in [0.1, 0.15) is 55.2 Å². The molecule has 208 valence electrons. The molecule has 11 heteroatoms. The Labute approximate surface area is 230 Å². The minimum atomic E-state index is -1.15. The molecule has 0 fully saturated rings. The molecule has 0 aliphatic carbocycles. The molecule has 0 aliphatic rings. The monoisotopic (exact) mass is 545 g/mol. The molecule has 0 aliphatic heterocycles. The minimum absolute atomic E-state index is 0.179. The van der Waals surface area contributed by atoms with Gasteiger partial charge in [-0.15, -0.1) is 0 Å². The third kappa shape index (κ3) is 5.73. The number of hydrogen-bond donors (Lipinski definition) is 3. The number of H-pyrrole nitrogens is 1. The van der Waals surface area contributed by atoms with Gasteiger partial charge in [0.05, 0.1) is 24.1 Å². The molecule has 1 atom stereocenters. The van der Waals surface area contributed by atoms with Crippen molar-refractivity contribution in [1.82, 2.24) is 19.9 Å². The summed E-state index contributed by atoms with van der Waals surface area (Å²) in [5.74, 6) is 0.563. The second kappa shape index (κ2) is 11.0. The molecule has 4 aromatic rings. The number of ether oxygens (including phenoxy) is 1. The Kier molecular flexibility index (Phi) is 7.76. The number of benzene rings is 2. The summed E-state index contributed by atoms with van der Waals surface area (Å²) in [6, 6.07) is 14.3. The number of nitrogens with zero attached hydrogens (tertiary/aromatic N) is 3. The van der Waals surface area contributed by atoms with E-state index in [0.717, 1.165) is 15.0 Å². The average molecular weight is 546 g/mol. The first-order chi connectivity index (χ1) is 18.9. The predicted octanol–water partition coefficient (Wildman–Crippen LogP) is 3.92. The highest BCUT2D eigenvalue weighted by Gasteiger charge is 2.29. The van der Waals surface area contributed by atoms with Crippen molar-refractivity contribution in [2.24, 2.45) is 0 Å². The molecule has 3 N–H and O–H groups in total. The Morgan fingerprint density at radius 2 is 1.80 bits per heavy atom. The fourth-order valence-electron chi connectivity index (χ4n) is 4.40. The summed E-state index contributed by atoms with van der Waals surface area (Å²) in [5, 5.41) is 12.6. The van der Waals surface area contributed by atoms with Gasteiger partial charge in [0.25, 0.3) is 11.5 Å². The van der Waals surface area contributed by atoms with E-state index in [0.29, 0.717) is 16.8 Å². The lowest BCUT2D eigenvalue weighted by atomic mass is 10.1. The number of methoxy groups -OCH3 is 1. The zero-order valence-electron chi connectivity index (χ0n) is 22.9. The zero-order chi connectivity index (χ0) is 29.2. The number of fused-ring (bicyclic) bond motifs is 1. The van der Waals surface area contributed by atoms with Crippen LogP contribution in [0.5, 0.6) is 5.75 Å². The average Bonchev–Trinajstić information content (AvgIpc) is 2.91. The zero-order valence-corrected chi connectivity index (χ0v) is 22.9. The first-order valence-electron chi connectivity index (χ1n) is 12.6. The fourth-order valence-corrected chi connectivity index (χ4v) is 4.40. The van der Waals surface area contributed by atoms with Crippen molar-refractivity contribution in [2.75, 3.05) is 12.0 Å². The van der Waals surface area contributed by atoms with Crippen LogP contribution in [0.25, 0.3) is 10.9 Å². The lowest BCUT2D eigenvalue weighted by molar-refractivity contribution is 0.0951. The van der Waals surface area contributed by atoms with Gasteiger partial charge in [-0.05, 0) is 75.2 Å². The summed E-state index contributed by atoms with van der Waals surface area (Å²) >= 11 is 0. The van der Waals surface area contributed by atoms with Gasteiger partial charge in [0, 0.05) is 23.8 Å². The van der Waals surface area contributed by atoms with Gasteiger partial charge in [-0.3, -0.25) is 19.1 Å². The fraction of sp³-hybridized carbons (Fsp3) is 0.276. The van der Waals surface area contributed by atoms with E-state index >= 15 is 0 Å². The maximum atomic E-state index is 13.5. The molecular weight excluding hydrogens is 514 g/mol. The highest BCUT2D eigenvalue weighted by Crippen LogP contribution is 2.24. The normalized spacial score (nSPS) is 12.1. The number of hydrogen-bond acceptors (Lipinski definition) is 6. The van der Waals surface area contributed by atoms with Gasteiger partial charge >= 0.3 is 11.8 Å². The lowest BCUT2D eigenvalue weighted by Gasteiger charge is -2.32. The summed E-state index contributed by atoms with van der Waals surface area (Å²) < 4.78 is 6.20. The van der Waals surface area contributed by atoms with Crippen molar-refractivity contribution in [2.45, 2.75) is 45.8 Å². The maximum absolute atomic E-state index is 13.5. The molecular formula is C29H31N5O6. The van der Waals surface area contributed by atoms with Crippen LogP contribution >= 0.6 is 0 Å². The number of aromatic nitrogens is 3. The molecule has 1 unspecified atom stereocenters. The van der Waals surface area contributed by atoms with E-state index in [2.05, 4.69) is 15.3 Å². The van der Waals surface area contributed by atoms with Crippen LogP contribution in [0.4, 0.5) is 10.6 Å². The highest BCUT2D eigenvalue weighted by atomic mass is 16.5. The summed E-state index contributed by atoms with van der Waals surface area (Å²) in [7, 11) is 1.58. The van der Waals surface area contributed by atoms with E-state index in [1.807, 2.05) is 12.1 Å². The van der Waals surface area contributed by atoms with Gasteiger partial charge < -0.3 is 20.1 Å². The van der Waals surface area contributed by atoms with Gasteiger partial charge in [-0.1, -0.05) is 18.2 Å². The molecule has 2 heterocycles. The Bertz CT molecular complexity index is 1670. The Morgan fingerprint density at radius 3 is 2.38 bits per heavy atom. The number of carboxylic acid groups (broad SMARTS) is 1.